The van der Waals surface area contributed by atoms with Gasteiger partial charge in [0.25, 0.3) is 0 Å². The van der Waals surface area contributed by atoms with Crippen LogP contribution >= 0.6 is 0 Å². The normalized spacial score (nSPS) is 11.5. The van der Waals surface area contributed by atoms with Gasteiger partial charge in [-0.25, -0.2) is 18.7 Å². The third-order valence-corrected chi connectivity index (χ3v) is 2.88. The third-order valence-electron chi connectivity index (χ3n) is 2.88. The van der Waals surface area contributed by atoms with Gasteiger partial charge in [0.1, 0.15) is 23.5 Å². The van der Waals surface area contributed by atoms with Crippen LogP contribution in [0.2, 0.25) is 0 Å². The van der Waals surface area contributed by atoms with Gasteiger partial charge in [-0.15, -0.1) is 0 Å². The quantitative estimate of drug-likeness (QED) is 0.619. The molecule has 0 N–H and O–H groups in total. The van der Waals surface area contributed by atoms with Crippen molar-refractivity contribution in [3.05, 3.63) is 46.4 Å². The average molecular weight is 268 g/mol. The van der Waals surface area contributed by atoms with E-state index in [0.717, 1.165) is 12.1 Å². The first-order valence-electron chi connectivity index (χ1n) is 5.33. The van der Waals surface area contributed by atoms with Gasteiger partial charge in [-0.2, -0.15) is 10.5 Å². The van der Waals surface area contributed by atoms with Crippen molar-refractivity contribution in [2.24, 2.45) is 0 Å². The predicted molar refractivity (Wildman–Crippen MR) is 60.2 cm³/mol. The van der Waals surface area contributed by atoms with Gasteiger partial charge in [-0.1, -0.05) is 0 Å². The monoisotopic (exact) mass is 268 g/mol. The molecule has 0 amide bonds. The summed E-state index contributed by atoms with van der Waals surface area (Å²) in [5.41, 5.74) is -0.778. The molecule has 1 heterocycles. The minimum Gasteiger partial charge on any atom is -0.287 e. The van der Waals surface area contributed by atoms with Gasteiger partial charge in [0, 0.05) is 11.1 Å². The number of benzene rings is 1. The lowest BCUT2D eigenvalue weighted by Gasteiger charge is -2.00. The van der Waals surface area contributed by atoms with Gasteiger partial charge in [-0.05, 0) is 12.1 Å². The summed E-state index contributed by atoms with van der Waals surface area (Å²) < 4.78 is 26.5. The largest absolute Gasteiger partial charge is 0.287 e. The molecule has 94 valence electrons. The van der Waals surface area contributed by atoms with Crippen molar-refractivity contribution in [3.63, 3.8) is 0 Å². The van der Waals surface area contributed by atoms with Crippen LogP contribution in [0.1, 0.15) is 27.4 Å². The van der Waals surface area contributed by atoms with Crippen LogP contribution in [0, 0.1) is 34.3 Å². The fourth-order valence-electron chi connectivity index (χ4n) is 2.00. The first-order valence-corrected chi connectivity index (χ1v) is 5.33. The second-order valence-electron chi connectivity index (χ2n) is 3.98. The molecule has 0 fully saturated rings. The second kappa shape index (κ2) is 3.90. The van der Waals surface area contributed by atoms with Crippen molar-refractivity contribution in [1.82, 2.24) is 9.97 Å². The summed E-state index contributed by atoms with van der Waals surface area (Å²) in [6.07, 6.45) is 0. The van der Waals surface area contributed by atoms with Crippen LogP contribution < -0.4 is 0 Å². The highest BCUT2D eigenvalue weighted by Crippen LogP contribution is 2.35. The number of carbonyl (C=O) groups is 1. The maximum Gasteiger partial charge on any atom is 0.214 e. The summed E-state index contributed by atoms with van der Waals surface area (Å²) in [5, 5.41) is 17.7. The van der Waals surface area contributed by atoms with E-state index in [4.69, 9.17) is 10.5 Å². The Hall–Kier alpha value is -3.19. The Balaban J connectivity index is 2.38. The number of aromatic nitrogens is 2. The first-order chi connectivity index (χ1) is 9.56. The molecule has 1 aromatic carbocycles. The maximum absolute atomic E-state index is 13.3. The van der Waals surface area contributed by atoms with Crippen LogP contribution in [0.3, 0.4) is 0 Å². The highest BCUT2D eigenvalue weighted by atomic mass is 19.2. The number of fused-ring (bicyclic) bond motifs is 3. The highest BCUT2D eigenvalue weighted by molar-refractivity contribution is 6.19. The minimum absolute atomic E-state index is 0.0144. The van der Waals surface area contributed by atoms with Crippen molar-refractivity contribution < 1.29 is 13.6 Å². The standard InChI is InChI=1S/C13H2F2N4O/c14-7-1-5-6(2-8(7)15)13(20)12-11(5)18-9(3-16)10(4-17)19-12/h1-2H. The predicted octanol–water partition coefficient (Wildman–Crippen LogP) is 1.71. The van der Waals surface area contributed by atoms with Crippen LogP contribution in [-0.2, 0) is 0 Å². The van der Waals surface area contributed by atoms with Crippen LogP contribution in [0.15, 0.2) is 12.1 Å². The number of nitriles is 2. The Morgan fingerprint density at radius 3 is 1.95 bits per heavy atom. The van der Waals surface area contributed by atoms with Gasteiger partial charge in [0.2, 0.25) is 5.78 Å². The van der Waals surface area contributed by atoms with Crippen LogP contribution in [-0.4, -0.2) is 15.8 Å². The average Bonchev–Trinajstić information content (AvgIpc) is 2.71. The van der Waals surface area contributed by atoms with Gasteiger partial charge in [0.15, 0.2) is 23.0 Å². The van der Waals surface area contributed by atoms with Crippen molar-refractivity contribution >= 4 is 5.78 Å². The van der Waals surface area contributed by atoms with Crippen molar-refractivity contribution in [2.75, 3.05) is 0 Å². The number of ketones is 1. The summed E-state index contributed by atoms with van der Waals surface area (Å²) in [4.78, 5) is 19.6. The van der Waals surface area contributed by atoms with E-state index in [1.807, 2.05) is 0 Å². The van der Waals surface area contributed by atoms with E-state index in [1.165, 1.54) is 0 Å². The van der Waals surface area contributed by atoms with Crippen LogP contribution in [0.5, 0.6) is 0 Å². The lowest BCUT2D eigenvalue weighted by Crippen LogP contribution is -2.04. The SMILES string of the molecule is N#Cc1nc2c(nc1C#N)-c1cc(F)c(F)cc1C2=O. The zero-order valence-electron chi connectivity index (χ0n) is 9.61. The fraction of sp³-hybridized carbons (Fsp3) is 0. The Labute approximate surface area is 110 Å². The molecular weight excluding hydrogens is 266 g/mol. The van der Waals surface area contributed by atoms with Gasteiger partial charge in [-0.3, -0.25) is 4.79 Å². The molecule has 0 saturated carbocycles. The fourth-order valence-corrected chi connectivity index (χ4v) is 2.00. The first kappa shape index (κ1) is 11.9. The molecule has 1 aromatic heterocycles. The number of hydrogen-bond donors (Lipinski definition) is 0. The van der Waals surface area contributed by atoms with Crippen molar-refractivity contribution in [1.29, 1.82) is 10.5 Å². The van der Waals surface area contributed by atoms with Crippen molar-refractivity contribution in [2.45, 2.75) is 0 Å². The van der Waals surface area contributed by atoms with Gasteiger partial charge < -0.3 is 0 Å². The van der Waals surface area contributed by atoms with E-state index in [9.17, 15) is 13.6 Å². The summed E-state index contributed by atoms with van der Waals surface area (Å²) in [6, 6.07) is 4.91. The molecule has 2 aromatic rings. The number of nitrogens with zero attached hydrogens (tertiary/aromatic N) is 4. The number of halogens is 2. The second-order valence-corrected chi connectivity index (χ2v) is 3.98. The molecule has 0 radical (unpaired) electrons. The Bertz CT molecular complexity index is 877. The summed E-state index contributed by atoms with van der Waals surface area (Å²) in [6.45, 7) is 0. The molecule has 20 heavy (non-hydrogen) atoms. The minimum atomic E-state index is -1.16. The van der Waals surface area contributed by atoms with E-state index >= 15 is 0 Å². The number of carbonyl (C=O) groups excluding carboxylic acids is 1. The smallest absolute Gasteiger partial charge is 0.214 e. The molecule has 0 spiro atoms. The van der Waals surface area contributed by atoms with Crippen molar-refractivity contribution in [3.8, 4) is 23.4 Å². The Morgan fingerprint density at radius 2 is 1.40 bits per heavy atom. The lowest BCUT2D eigenvalue weighted by molar-refractivity contribution is 0.103. The van der Waals surface area contributed by atoms with Crippen LogP contribution in [0.4, 0.5) is 8.78 Å². The molecule has 0 saturated heterocycles. The molecule has 5 nitrogen and oxygen atoms in total. The zero-order chi connectivity index (χ0) is 14.4. The Morgan fingerprint density at radius 1 is 0.900 bits per heavy atom. The van der Waals surface area contributed by atoms with Gasteiger partial charge >= 0.3 is 0 Å². The van der Waals surface area contributed by atoms with Gasteiger partial charge in [0.05, 0.1) is 0 Å². The molecule has 3 rings (SSSR count). The molecule has 1 aliphatic carbocycles. The summed E-state index contributed by atoms with van der Waals surface area (Å²) in [5.74, 6) is -2.94. The number of rotatable bonds is 0. The van der Waals surface area contributed by atoms with E-state index in [1.54, 1.807) is 12.1 Å². The Kier molecular flexibility index (Phi) is 2.32. The molecule has 0 atom stereocenters. The maximum atomic E-state index is 13.3. The number of hydrogen-bond acceptors (Lipinski definition) is 5. The van der Waals surface area contributed by atoms with E-state index < -0.39 is 17.4 Å². The highest BCUT2D eigenvalue weighted by Gasteiger charge is 2.32. The topological polar surface area (TPSA) is 90.4 Å². The molecule has 0 unspecified atom stereocenters. The zero-order valence-corrected chi connectivity index (χ0v) is 9.61. The lowest BCUT2D eigenvalue weighted by atomic mass is 10.1. The van der Waals surface area contributed by atoms with E-state index in [0.29, 0.717) is 0 Å². The summed E-state index contributed by atoms with van der Waals surface area (Å²) in [7, 11) is 0. The van der Waals surface area contributed by atoms with E-state index in [-0.39, 0.29) is 33.9 Å². The van der Waals surface area contributed by atoms with Crippen LogP contribution in [0.25, 0.3) is 11.3 Å². The van der Waals surface area contributed by atoms with E-state index in [2.05, 4.69) is 9.97 Å². The molecule has 0 bridgehead atoms. The molecule has 0 aliphatic heterocycles. The third kappa shape index (κ3) is 1.41. The summed E-state index contributed by atoms with van der Waals surface area (Å²) >= 11 is 0. The molecule has 1 aliphatic rings. The molecule has 7 heteroatoms. The molecular formula is C13H2F2N4O.